The lowest BCUT2D eigenvalue weighted by Gasteiger charge is -2.20. The van der Waals surface area contributed by atoms with E-state index < -0.39 is 15.6 Å². The van der Waals surface area contributed by atoms with Crippen molar-refractivity contribution in [3.05, 3.63) is 42.1 Å². The molecule has 0 saturated carbocycles. The maximum atomic E-state index is 12.4. The first-order chi connectivity index (χ1) is 11.2. The number of hydrogen-bond donors (Lipinski definition) is 2. The van der Waals surface area contributed by atoms with Crippen LogP contribution in [0.4, 0.5) is 5.82 Å². The molecule has 1 atom stereocenters. The smallest absolute Gasteiger partial charge is 0.241 e. The second kappa shape index (κ2) is 5.86. The lowest BCUT2D eigenvalue weighted by Crippen LogP contribution is -2.40. The number of nitrogens with one attached hydrogen (secondary N) is 2. The molecule has 1 aliphatic rings. The summed E-state index contributed by atoms with van der Waals surface area (Å²) in [5.41, 5.74) is 2.78. The molecule has 1 aromatic heterocycles. The Hall–Kier alpha value is -1.92. The highest BCUT2D eigenvalue weighted by atomic mass is 32.2. The molecule has 0 aliphatic carbocycles. The summed E-state index contributed by atoms with van der Waals surface area (Å²) in [5.74, 6) is 0.922. The van der Waals surface area contributed by atoms with E-state index in [4.69, 9.17) is 0 Å². The van der Waals surface area contributed by atoms with Gasteiger partial charge in [-0.1, -0.05) is 12.1 Å². The summed E-state index contributed by atoms with van der Waals surface area (Å²) in [6.07, 6.45) is 2.70. The summed E-state index contributed by atoms with van der Waals surface area (Å²) in [6.45, 7) is 7.60. The van der Waals surface area contributed by atoms with Gasteiger partial charge in [0.15, 0.2) is 0 Å². The maximum absolute atomic E-state index is 12.4. The van der Waals surface area contributed by atoms with Crippen LogP contribution >= 0.6 is 0 Å². The number of nitrogens with zero attached hydrogens (tertiary/aromatic N) is 1. The zero-order valence-corrected chi connectivity index (χ0v) is 15.2. The topological polar surface area (TPSA) is 71.1 Å². The van der Waals surface area contributed by atoms with Crippen LogP contribution in [0.1, 0.15) is 33.3 Å². The Kier molecular flexibility index (Phi) is 4.13. The minimum atomic E-state index is -3.51. The van der Waals surface area contributed by atoms with E-state index in [1.54, 1.807) is 18.3 Å². The molecule has 0 fully saturated rings. The summed E-state index contributed by atoms with van der Waals surface area (Å²) >= 11 is 0. The van der Waals surface area contributed by atoms with E-state index >= 15 is 0 Å². The molecule has 0 saturated heterocycles. The van der Waals surface area contributed by atoms with Gasteiger partial charge in [0.1, 0.15) is 5.82 Å². The lowest BCUT2D eigenvalue weighted by molar-refractivity contribution is 0.491. The average Bonchev–Trinajstić information content (AvgIpc) is 2.85. The van der Waals surface area contributed by atoms with Crippen molar-refractivity contribution in [3.8, 4) is 11.1 Å². The Balaban J connectivity index is 1.93. The normalized spacial score (nSPS) is 17.4. The lowest BCUT2D eigenvalue weighted by atomic mass is 9.99. The highest BCUT2D eigenvalue weighted by Crippen LogP contribution is 2.33. The molecule has 0 spiro atoms. The van der Waals surface area contributed by atoms with Crippen molar-refractivity contribution < 1.29 is 8.42 Å². The third-order valence-corrected chi connectivity index (χ3v) is 5.64. The Morgan fingerprint density at radius 3 is 2.46 bits per heavy atom. The zero-order valence-electron chi connectivity index (χ0n) is 14.4. The van der Waals surface area contributed by atoms with Crippen LogP contribution in [0.25, 0.3) is 11.1 Å². The minimum absolute atomic E-state index is 0.276. The van der Waals surface area contributed by atoms with Gasteiger partial charge in [0.2, 0.25) is 10.0 Å². The van der Waals surface area contributed by atoms with Gasteiger partial charge in [-0.15, -0.1) is 0 Å². The molecule has 0 bridgehead atoms. The number of benzene rings is 1. The number of fused-ring (bicyclic) bond motifs is 1. The zero-order chi connectivity index (χ0) is 17.5. The second-order valence-corrected chi connectivity index (χ2v) is 9.00. The summed E-state index contributed by atoms with van der Waals surface area (Å²) in [4.78, 5) is 4.65. The van der Waals surface area contributed by atoms with Crippen LogP contribution in [0.5, 0.6) is 0 Å². The third-order valence-electron chi connectivity index (χ3n) is 3.87. The minimum Gasteiger partial charge on any atom is -0.367 e. The van der Waals surface area contributed by atoms with E-state index in [0.29, 0.717) is 6.04 Å². The Bertz CT molecular complexity index is 853. The molecule has 24 heavy (non-hydrogen) atoms. The van der Waals surface area contributed by atoms with Crippen molar-refractivity contribution in [2.24, 2.45) is 0 Å². The van der Waals surface area contributed by atoms with Gasteiger partial charge in [0, 0.05) is 23.3 Å². The monoisotopic (exact) mass is 345 g/mol. The number of aromatic nitrogens is 1. The average molecular weight is 345 g/mol. The highest BCUT2D eigenvalue weighted by Gasteiger charge is 2.23. The van der Waals surface area contributed by atoms with Gasteiger partial charge in [-0.3, -0.25) is 0 Å². The van der Waals surface area contributed by atoms with E-state index in [1.807, 2.05) is 39.0 Å². The van der Waals surface area contributed by atoms with Gasteiger partial charge in [0.05, 0.1) is 4.90 Å². The Morgan fingerprint density at radius 1 is 1.17 bits per heavy atom. The van der Waals surface area contributed by atoms with Gasteiger partial charge in [-0.2, -0.15) is 0 Å². The SMILES string of the molecule is CC1Cc2c(-c3ccc(S(=O)(=O)NC(C)(C)C)cc3)ccnc2N1. The summed E-state index contributed by atoms with van der Waals surface area (Å²) < 4.78 is 27.5. The maximum Gasteiger partial charge on any atom is 0.241 e. The van der Waals surface area contributed by atoms with Crippen molar-refractivity contribution in [1.82, 2.24) is 9.71 Å². The van der Waals surface area contributed by atoms with E-state index in [2.05, 4.69) is 21.9 Å². The van der Waals surface area contributed by atoms with Crippen molar-refractivity contribution in [2.45, 2.75) is 50.6 Å². The van der Waals surface area contributed by atoms with Gasteiger partial charge in [-0.05, 0) is 63.4 Å². The van der Waals surface area contributed by atoms with Crippen LogP contribution in [0.15, 0.2) is 41.4 Å². The quantitative estimate of drug-likeness (QED) is 0.896. The largest absolute Gasteiger partial charge is 0.367 e. The van der Waals surface area contributed by atoms with Crippen molar-refractivity contribution in [3.63, 3.8) is 0 Å². The van der Waals surface area contributed by atoms with Crippen molar-refractivity contribution in [2.75, 3.05) is 5.32 Å². The summed E-state index contributed by atoms with van der Waals surface area (Å²) in [7, 11) is -3.51. The first-order valence-electron chi connectivity index (χ1n) is 8.04. The van der Waals surface area contributed by atoms with Crippen LogP contribution in [-0.4, -0.2) is 25.0 Å². The molecule has 2 N–H and O–H groups in total. The van der Waals surface area contributed by atoms with E-state index in [0.717, 1.165) is 23.4 Å². The molecule has 3 rings (SSSR count). The Labute approximate surface area is 143 Å². The molecule has 5 nitrogen and oxygen atoms in total. The fourth-order valence-electron chi connectivity index (χ4n) is 2.96. The molecule has 2 heterocycles. The molecule has 1 aromatic carbocycles. The van der Waals surface area contributed by atoms with Crippen LogP contribution in [-0.2, 0) is 16.4 Å². The van der Waals surface area contributed by atoms with Crippen LogP contribution in [0.3, 0.4) is 0 Å². The summed E-state index contributed by atoms with van der Waals surface area (Å²) in [6, 6.07) is 9.37. The number of anilines is 1. The highest BCUT2D eigenvalue weighted by molar-refractivity contribution is 7.89. The molecule has 0 amide bonds. The molecule has 1 unspecified atom stereocenters. The van der Waals surface area contributed by atoms with E-state index in [-0.39, 0.29) is 4.90 Å². The number of rotatable bonds is 3. The first-order valence-corrected chi connectivity index (χ1v) is 9.53. The fraction of sp³-hybridized carbons (Fsp3) is 0.389. The van der Waals surface area contributed by atoms with Crippen molar-refractivity contribution >= 4 is 15.8 Å². The number of pyridine rings is 1. The molecular formula is C18H23N3O2S. The van der Waals surface area contributed by atoms with E-state index in [1.165, 1.54) is 5.56 Å². The molecule has 2 aromatic rings. The predicted octanol–water partition coefficient (Wildman–Crippen LogP) is 3.18. The standard InChI is InChI=1S/C18H23N3O2S/c1-12-11-16-15(9-10-19-17(16)20-12)13-5-7-14(8-6-13)24(22,23)21-18(2,3)4/h5-10,12,21H,11H2,1-4H3,(H,19,20). The predicted molar refractivity (Wildman–Crippen MR) is 96.5 cm³/mol. The van der Waals surface area contributed by atoms with Crippen LogP contribution in [0.2, 0.25) is 0 Å². The number of sulfonamides is 1. The molecular weight excluding hydrogens is 322 g/mol. The van der Waals surface area contributed by atoms with Crippen LogP contribution < -0.4 is 10.0 Å². The van der Waals surface area contributed by atoms with E-state index in [9.17, 15) is 8.42 Å². The van der Waals surface area contributed by atoms with Gasteiger partial charge in [-0.25, -0.2) is 18.1 Å². The second-order valence-electron chi connectivity index (χ2n) is 7.32. The van der Waals surface area contributed by atoms with Gasteiger partial charge < -0.3 is 5.32 Å². The summed E-state index contributed by atoms with van der Waals surface area (Å²) in [5, 5.41) is 3.35. The van der Waals surface area contributed by atoms with Gasteiger partial charge in [0.25, 0.3) is 0 Å². The van der Waals surface area contributed by atoms with Gasteiger partial charge >= 0.3 is 0 Å². The molecule has 0 radical (unpaired) electrons. The first kappa shape index (κ1) is 16.9. The Morgan fingerprint density at radius 2 is 1.83 bits per heavy atom. The molecule has 1 aliphatic heterocycles. The molecule has 6 heteroatoms. The number of hydrogen-bond acceptors (Lipinski definition) is 4. The third kappa shape index (κ3) is 3.44. The van der Waals surface area contributed by atoms with Crippen LogP contribution in [0, 0.1) is 0 Å². The van der Waals surface area contributed by atoms with Crippen molar-refractivity contribution in [1.29, 1.82) is 0 Å². The fourth-order valence-corrected chi connectivity index (χ4v) is 4.38. The molecule has 128 valence electrons.